The molecule has 1 N–H and O–H groups in total. The minimum atomic E-state index is -4.21. The summed E-state index contributed by atoms with van der Waals surface area (Å²) in [6.45, 7) is 2.02. The molecular weight excluding hydrogens is 249 g/mol. The highest BCUT2D eigenvalue weighted by Crippen LogP contribution is 2.28. The number of hydrogen-bond acceptors (Lipinski definition) is 2. The standard InChI is InChI=1S/C12H15F3OS/c1-2-17-10-5-3-9(4-6-10)11(16)7-8-12(13,14)15/h3-6,11,16H,2,7-8H2,1H3. The van der Waals surface area contributed by atoms with Crippen molar-refractivity contribution in [3.8, 4) is 0 Å². The summed E-state index contributed by atoms with van der Waals surface area (Å²) in [5.41, 5.74) is 0.537. The number of thioether (sulfide) groups is 1. The quantitative estimate of drug-likeness (QED) is 0.805. The molecule has 0 saturated carbocycles. The maximum Gasteiger partial charge on any atom is 0.389 e. The Hall–Kier alpha value is -0.680. The van der Waals surface area contributed by atoms with Crippen molar-refractivity contribution in [2.24, 2.45) is 0 Å². The maximum atomic E-state index is 12.0. The highest BCUT2D eigenvalue weighted by molar-refractivity contribution is 7.99. The van der Waals surface area contributed by atoms with Crippen LogP contribution in [0.3, 0.4) is 0 Å². The Morgan fingerprint density at radius 1 is 1.24 bits per heavy atom. The van der Waals surface area contributed by atoms with Crippen LogP contribution in [0.15, 0.2) is 29.2 Å². The average Bonchev–Trinajstić information content (AvgIpc) is 2.26. The highest BCUT2D eigenvalue weighted by Gasteiger charge is 2.28. The van der Waals surface area contributed by atoms with Crippen molar-refractivity contribution in [3.05, 3.63) is 29.8 Å². The number of rotatable bonds is 5. The molecule has 1 rings (SSSR count). The zero-order valence-corrected chi connectivity index (χ0v) is 10.3. The molecule has 0 aliphatic rings. The van der Waals surface area contributed by atoms with Gasteiger partial charge in [0, 0.05) is 11.3 Å². The van der Waals surface area contributed by atoms with E-state index < -0.39 is 18.7 Å². The fourth-order valence-electron chi connectivity index (χ4n) is 1.42. The Bertz CT molecular complexity index is 335. The summed E-state index contributed by atoms with van der Waals surface area (Å²) in [7, 11) is 0. The van der Waals surface area contributed by atoms with Crippen molar-refractivity contribution in [3.63, 3.8) is 0 Å². The van der Waals surface area contributed by atoms with Crippen molar-refractivity contribution < 1.29 is 18.3 Å². The monoisotopic (exact) mass is 264 g/mol. The second-order valence-corrected chi connectivity index (χ2v) is 5.01. The van der Waals surface area contributed by atoms with E-state index in [2.05, 4.69) is 0 Å². The summed E-state index contributed by atoms with van der Waals surface area (Å²) < 4.78 is 35.9. The first-order valence-electron chi connectivity index (χ1n) is 5.40. The minimum absolute atomic E-state index is 0.288. The van der Waals surface area contributed by atoms with Gasteiger partial charge in [-0.2, -0.15) is 13.2 Å². The van der Waals surface area contributed by atoms with Crippen LogP contribution in [0.2, 0.25) is 0 Å². The molecule has 1 aromatic rings. The van der Waals surface area contributed by atoms with E-state index in [9.17, 15) is 18.3 Å². The molecule has 1 nitrogen and oxygen atoms in total. The fourth-order valence-corrected chi connectivity index (χ4v) is 2.08. The van der Waals surface area contributed by atoms with Gasteiger partial charge >= 0.3 is 6.18 Å². The van der Waals surface area contributed by atoms with Gasteiger partial charge in [-0.15, -0.1) is 11.8 Å². The van der Waals surface area contributed by atoms with Crippen molar-refractivity contribution in [1.29, 1.82) is 0 Å². The lowest BCUT2D eigenvalue weighted by molar-refractivity contribution is -0.140. The van der Waals surface area contributed by atoms with Crippen LogP contribution in [0.4, 0.5) is 13.2 Å². The van der Waals surface area contributed by atoms with Crippen LogP contribution in [-0.4, -0.2) is 17.0 Å². The van der Waals surface area contributed by atoms with Gasteiger partial charge in [-0.3, -0.25) is 0 Å². The zero-order valence-electron chi connectivity index (χ0n) is 9.50. The molecule has 96 valence electrons. The lowest BCUT2D eigenvalue weighted by Gasteiger charge is -2.13. The van der Waals surface area contributed by atoms with Crippen LogP contribution in [0.1, 0.15) is 31.4 Å². The van der Waals surface area contributed by atoms with Crippen LogP contribution in [0, 0.1) is 0 Å². The van der Waals surface area contributed by atoms with Crippen LogP contribution >= 0.6 is 11.8 Å². The Morgan fingerprint density at radius 3 is 2.29 bits per heavy atom. The van der Waals surface area contributed by atoms with Gasteiger partial charge in [0.1, 0.15) is 0 Å². The van der Waals surface area contributed by atoms with Gasteiger partial charge in [0.2, 0.25) is 0 Å². The van der Waals surface area contributed by atoms with Crippen molar-refractivity contribution in [1.82, 2.24) is 0 Å². The van der Waals surface area contributed by atoms with E-state index in [0.29, 0.717) is 5.56 Å². The molecular formula is C12H15F3OS. The predicted molar refractivity (Wildman–Crippen MR) is 63.1 cm³/mol. The average molecular weight is 264 g/mol. The third-order valence-electron chi connectivity index (χ3n) is 2.28. The summed E-state index contributed by atoms with van der Waals surface area (Å²) in [6.07, 6.45) is -6.50. The van der Waals surface area contributed by atoms with E-state index in [-0.39, 0.29) is 6.42 Å². The van der Waals surface area contributed by atoms with E-state index in [0.717, 1.165) is 10.6 Å². The molecule has 1 atom stereocenters. The van der Waals surface area contributed by atoms with Crippen molar-refractivity contribution in [2.45, 2.75) is 36.9 Å². The summed E-state index contributed by atoms with van der Waals surface area (Å²) in [4.78, 5) is 1.05. The number of hydrogen-bond donors (Lipinski definition) is 1. The van der Waals surface area contributed by atoms with Gasteiger partial charge in [-0.1, -0.05) is 19.1 Å². The highest BCUT2D eigenvalue weighted by atomic mass is 32.2. The number of benzene rings is 1. The molecule has 0 spiro atoms. The lowest BCUT2D eigenvalue weighted by Crippen LogP contribution is -2.10. The van der Waals surface area contributed by atoms with Gasteiger partial charge in [0.05, 0.1) is 6.10 Å². The first-order chi connectivity index (χ1) is 7.92. The Labute approximate surface area is 103 Å². The molecule has 0 aromatic heterocycles. The molecule has 0 saturated heterocycles. The van der Waals surface area contributed by atoms with Crippen molar-refractivity contribution in [2.75, 3.05) is 5.75 Å². The molecule has 5 heteroatoms. The smallest absolute Gasteiger partial charge is 0.388 e. The molecule has 0 heterocycles. The molecule has 0 radical (unpaired) electrons. The first-order valence-corrected chi connectivity index (χ1v) is 6.38. The summed E-state index contributed by atoms with van der Waals surface area (Å²) in [6, 6.07) is 7.00. The normalized spacial score (nSPS) is 13.7. The summed E-state index contributed by atoms with van der Waals surface area (Å²) >= 11 is 1.65. The first kappa shape index (κ1) is 14.4. The van der Waals surface area contributed by atoms with Gasteiger partial charge in [0.25, 0.3) is 0 Å². The topological polar surface area (TPSA) is 20.2 Å². The molecule has 1 aromatic carbocycles. The third kappa shape index (κ3) is 5.46. The predicted octanol–water partition coefficient (Wildman–Crippen LogP) is 4.17. The lowest BCUT2D eigenvalue weighted by atomic mass is 10.1. The molecule has 1 unspecified atom stereocenters. The second kappa shape index (κ2) is 6.31. The number of aliphatic hydroxyl groups excluding tert-OH is 1. The molecule has 0 aliphatic heterocycles. The van der Waals surface area contributed by atoms with E-state index in [1.54, 1.807) is 23.9 Å². The van der Waals surface area contributed by atoms with Crippen molar-refractivity contribution >= 4 is 11.8 Å². The summed E-state index contributed by atoms with van der Waals surface area (Å²) in [5.74, 6) is 0.940. The Balaban J connectivity index is 2.54. The van der Waals surface area contributed by atoms with Crippen LogP contribution in [0.5, 0.6) is 0 Å². The third-order valence-corrected chi connectivity index (χ3v) is 3.17. The number of halogens is 3. The van der Waals surface area contributed by atoms with Gasteiger partial charge in [-0.05, 0) is 29.9 Å². The minimum Gasteiger partial charge on any atom is -0.388 e. The van der Waals surface area contributed by atoms with Crippen LogP contribution in [-0.2, 0) is 0 Å². The van der Waals surface area contributed by atoms with Gasteiger partial charge < -0.3 is 5.11 Å². The van der Waals surface area contributed by atoms with Gasteiger partial charge in [-0.25, -0.2) is 0 Å². The molecule has 17 heavy (non-hydrogen) atoms. The molecule has 0 bridgehead atoms. The largest absolute Gasteiger partial charge is 0.389 e. The van der Waals surface area contributed by atoms with Crippen LogP contribution in [0.25, 0.3) is 0 Å². The SMILES string of the molecule is CCSc1ccc(C(O)CCC(F)(F)F)cc1. The van der Waals surface area contributed by atoms with Crippen LogP contribution < -0.4 is 0 Å². The number of alkyl halides is 3. The Morgan fingerprint density at radius 2 is 1.82 bits per heavy atom. The second-order valence-electron chi connectivity index (χ2n) is 3.67. The van der Waals surface area contributed by atoms with E-state index in [1.807, 2.05) is 19.1 Å². The Kier molecular flexibility index (Phi) is 5.33. The van der Waals surface area contributed by atoms with E-state index in [4.69, 9.17) is 0 Å². The molecule has 0 aliphatic carbocycles. The summed E-state index contributed by atoms with van der Waals surface area (Å²) in [5, 5.41) is 9.60. The molecule has 0 amide bonds. The maximum absolute atomic E-state index is 12.0. The zero-order chi connectivity index (χ0) is 12.9. The van der Waals surface area contributed by atoms with E-state index in [1.165, 1.54) is 0 Å². The van der Waals surface area contributed by atoms with Gasteiger partial charge in [0.15, 0.2) is 0 Å². The fraction of sp³-hybridized carbons (Fsp3) is 0.500. The van der Waals surface area contributed by atoms with E-state index >= 15 is 0 Å². The number of aliphatic hydroxyl groups is 1. The molecule has 0 fully saturated rings.